The monoisotopic (exact) mass is 459 g/mol. The van der Waals surface area contributed by atoms with Crippen LogP contribution in [0.4, 0.5) is 5.82 Å². The van der Waals surface area contributed by atoms with Crippen LogP contribution in [0, 0.1) is 6.92 Å². The molecule has 1 saturated heterocycles. The number of esters is 1. The summed E-state index contributed by atoms with van der Waals surface area (Å²) in [7, 11) is 0. The molecule has 0 amide bonds. The lowest BCUT2D eigenvalue weighted by atomic mass is 10.1. The van der Waals surface area contributed by atoms with Crippen LogP contribution in [0.2, 0.25) is 0 Å². The highest BCUT2D eigenvalue weighted by molar-refractivity contribution is 5.86. The minimum Gasteiger partial charge on any atom is -0.423 e. The zero-order valence-corrected chi connectivity index (χ0v) is 18.9. The Bertz CT molecular complexity index is 1430. The van der Waals surface area contributed by atoms with Crippen LogP contribution in [0.5, 0.6) is 5.75 Å². The number of fused-ring (bicyclic) bond motifs is 2. The lowest BCUT2D eigenvalue weighted by molar-refractivity contribution is -0.129. The Morgan fingerprint density at radius 1 is 1.15 bits per heavy atom. The largest absolute Gasteiger partial charge is 0.423 e. The molecule has 4 aromatic rings. The first-order valence-electron chi connectivity index (χ1n) is 11.4. The van der Waals surface area contributed by atoms with Gasteiger partial charge in [0.15, 0.2) is 17.0 Å². The Labute approximate surface area is 195 Å². The van der Waals surface area contributed by atoms with Crippen molar-refractivity contribution in [3.63, 3.8) is 0 Å². The molecule has 0 atom stereocenters. The number of nitrogens with zero attached hydrogens (tertiary/aromatic N) is 5. The fraction of sp³-hybridized carbons (Fsp3) is 0.320. The molecule has 4 heterocycles. The van der Waals surface area contributed by atoms with Gasteiger partial charge in [-0.15, -0.1) is 0 Å². The molecule has 34 heavy (non-hydrogen) atoms. The third kappa shape index (κ3) is 4.54. The molecule has 1 fully saturated rings. The molecule has 9 heteroatoms. The SMILES string of the molecule is Cc1cc(=O)oc2ccc(OC(=O)/C=C/CCn3cnc4c(N5CCCCC5)ncnc43)cc12. The van der Waals surface area contributed by atoms with Gasteiger partial charge in [-0.05, 0) is 56.4 Å². The maximum atomic E-state index is 12.3. The molecule has 0 unspecified atom stereocenters. The number of carbonyl (C=O) groups excluding carboxylic acids is 1. The van der Waals surface area contributed by atoms with Crippen molar-refractivity contribution in [3.8, 4) is 5.75 Å². The number of rotatable bonds is 6. The standard InChI is InChI=1S/C25H25N5O4/c1-17-13-22(32)34-20-9-8-18(14-19(17)20)33-21(31)7-3-6-12-30-16-28-23-24(26-15-27-25(23)30)29-10-4-2-5-11-29/h3,7-9,13-16H,2,4-6,10-12H2,1H3/b7-3+. The van der Waals surface area contributed by atoms with Gasteiger partial charge in [-0.3, -0.25) is 0 Å². The summed E-state index contributed by atoms with van der Waals surface area (Å²) >= 11 is 0. The summed E-state index contributed by atoms with van der Waals surface area (Å²) in [6.45, 7) is 4.43. The number of piperidine rings is 1. The summed E-state index contributed by atoms with van der Waals surface area (Å²) in [5, 5.41) is 0.728. The van der Waals surface area contributed by atoms with Gasteiger partial charge in [-0.1, -0.05) is 6.08 Å². The number of ether oxygens (including phenoxy) is 1. The van der Waals surface area contributed by atoms with E-state index in [4.69, 9.17) is 9.15 Å². The lowest BCUT2D eigenvalue weighted by Gasteiger charge is -2.27. The second kappa shape index (κ2) is 9.46. The zero-order chi connectivity index (χ0) is 23.5. The predicted octanol–water partition coefficient (Wildman–Crippen LogP) is 3.78. The van der Waals surface area contributed by atoms with Crippen molar-refractivity contribution < 1.29 is 13.9 Å². The number of benzene rings is 1. The van der Waals surface area contributed by atoms with E-state index in [1.807, 2.05) is 11.5 Å². The third-order valence-corrected chi connectivity index (χ3v) is 5.97. The van der Waals surface area contributed by atoms with E-state index in [2.05, 4.69) is 19.9 Å². The van der Waals surface area contributed by atoms with Crippen molar-refractivity contribution in [2.45, 2.75) is 39.2 Å². The second-order valence-electron chi connectivity index (χ2n) is 8.37. The number of aromatic nitrogens is 4. The normalized spacial score (nSPS) is 14.3. The highest BCUT2D eigenvalue weighted by Crippen LogP contribution is 2.25. The Morgan fingerprint density at radius 3 is 2.85 bits per heavy atom. The number of imidazole rings is 1. The number of anilines is 1. The van der Waals surface area contributed by atoms with Crippen LogP contribution in [0.1, 0.15) is 31.2 Å². The van der Waals surface area contributed by atoms with Gasteiger partial charge in [-0.2, -0.15) is 0 Å². The van der Waals surface area contributed by atoms with Crippen LogP contribution in [-0.4, -0.2) is 38.6 Å². The second-order valence-corrected chi connectivity index (χ2v) is 8.37. The van der Waals surface area contributed by atoms with E-state index in [1.54, 1.807) is 36.9 Å². The summed E-state index contributed by atoms with van der Waals surface area (Å²) in [4.78, 5) is 39.5. The van der Waals surface area contributed by atoms with Gasteiger partial charge in [0, 0.05) is 37.2 Å². The minimum absolute atomic E-state index is 0.390. The molecule has 3 aromatic heterocycles. The maximum absolute atomic E-state index is 12.3. The summed E-state index contributed by atoms with van der Waals surface area (Å²) in [6.07, 6.45) is 10.8. The first-order chi connectivity index (χ1) is 16.6. The molecule has 0 N–H and O–H groups in total. The number of carbonyl (C=O) groups is 1. The van der Waals surface area contributed by atoms with Gasteiger partial charge >= 0.3 is 11.6 Å². The number of aryl methyl sites for hydroxylation is 2. The fourth-order valence-corrected chi connectivity index (χ4v) is 4.27. The van der Waals surface area contributed by atoms with Crippen molar-refractivity contribution in [3.05, 3.63) is 65.1 Å². The zero-order valence-electron chi connectivity index (χ0n) is 18.9. The van der Waals surface area contributed by atoms with E-state index >= 15 is 0 Å². The van der Waals surface area contributed by atoms with Gasteiger partial charge in [0.05, 0.1) is 6.33 Å². The van der Waals surface area contributed by atoms with Crippen LogP contribution in [0.25, 0.3) is 22.1 Å². The molecule has 5 rings (SSSR count). The number of allylic oxidation sites excluding steroid dienone is 1. The first kappa shape index (κ1) is 21.8. The van der Waals surface area contributed by atoms with E-state index in [0.717, 1.165) is 41.0 Å². The first-order valence-corrected chi connectivity index (χ1v) is 11.4. The van der Waals surface area contributed by atoms with Gasteiger partial charge in [0.2, 0.25) is 0 Å². The van der Waals surface area contributed by atoms with Crippen molar-refractivity contribution >= 4 is 33.9 Å². The van der Waals surface area contributed by atoms with Gasteiger partial charge < -0.3 is 18.6 Å². The van der Waals surface area contributed by atoms with E-state index in [9.17, 15) is 9.59 Å². The van der Waals surface area contributed by atoms with Crippen LogP contribution >= 0.6 is 0 Å². The van der Waals surface area contributed by atoms with Gasteiger partial charge in [0.1, 0.15) is 17.7 Å². The van der Waals surface area contributed by atoms with E-state index < -0.39 is 11.6 Å². The smallest absolute Gasteiger partial charge is 0.336 e. The van der Waals surface area contributed by atoms with Crippen molar-refractivity contribution in [2.75, 3.05) is 18.0 Å². The van der Waals surface area contributed by atoms with Crippen molar-refractivity contribution in [1.82, 2.24) is 19.5 Å². The van der Waals surface area contributed by atoms with E-state index in [1.165, 1.54) is 31.4 Å². The predicted molar refractivity (Wildman–Crippen MR) is 128 cm³/mol. The highest BCUT2D eigenvalue weighted by Gasteiger charge is 2.18. The third-order valence-electron chi connectivity index (χ3n) is 5.97. The quantitative estimate of drug-likeness (QED) is 0.186. The maximum Gasteiger partial charge on any atom is 0.336 e. The van der Waals surface area contributed by atoms with Crippen LogP contribution in [-0.2, 0) is 11.3 Å². The van der Waals surface area contributed by atoms with E-state index in [0.29, 0.717) is 24.3 Å². The highest BCUT2D eigenvalue weighted by atomic mass is 16.5. The Kier molecular flexibility index (Phi) is 6.07. The van der Waals surface area contributed by atoms with Crippen LogP contribution < -0.4 is 15.3 Å². The molecule has 1 aliphatic heterocycles. The molecule has 0 spiro atoms. The van der Waals surface area contributed by atoms with Gasteiger partial charge in [-0.25, -0.2) is 24.5 Å². The van der Waals surface area contributed by atoms with Crippen molar-refractivity contribution in [2.24, 2.45) is 0 Å². The molecule has 0 radical (unpaired) electrons. The number of hydrogen-bond donors (Lipinski definition) is 0. The molecule has 9 nitrogen and oxygen atoms in total. The summed E-state index contributed by atoms with van der Waals surface area (Å²) in [5.74, 6) is 0.814. The summed E-state index contributed by atoms with van der Waals surface area (Å²) < 4.78 is 12.5. The molecular formula is C25H25N5O4. The molecule has 0 saturated carbocycles. The Hall–Kier alpha value is -4.01. The topological polar surface area (TPSA) is 103 Å². The molecule has 1 aliphatic rings. The van der Waals surface area contributed by atoms with E-state index in [-0.39, 0.29) is 0 Å². The Balaban J connectivity index is 1.21. The average molecular weight is 460 g/mol. The summed E-state index contributed by atoms with van der Waals surface area (Å²) in [5.41, 5.74) is 2.43. The Morgan fingerprint density at radius 2 is 2.00 bits per heavy atom. The molecule has 174 valence electrons. The molecule has 0 aliphatic carbocycles. The lowest BCUT2D eigenvalue weighted by Crippen LogP contribution is -2.30. The fourth-order valence-electron chi connectivity index (χ4n) is 4.27. The minimum atomic E-state index is -0.473. The average Bonchev–Trinajstić information content (AvgIpc) is 3.26. The van der Waals surface area contributed by atoms with Gasteiger partial charge in [0.25, 0.3) is 0 Å². The summed E-state index contributed by atoms with van der Waals surface area (Å²) in [6, 6.07) is 6.33. The van der Waals surface area contributed by atoms with Crippen LogP contribution in [0.3, 0.4) is 0 Å². The van der Waals surface area contributed by atoms with Crippen LogP contribution in [0.15, 0.2) is 58.3 Å². The van der Waals surface area contributed by atoms with Crippen molar-refractivity contribution in [1.29, 1.82) is 0 Å². The molecule has 1 aromatic carbocycles. The molecular weight excluding hydrogens is 434 g/mol. The number of hydrogen-bond acceptors (Lipinski definition) is 8. The molecule has 0 bridgehead atoms.